The third-order valence-electron chi connectivity index (χ3n) is 5.81. The van der Waals surface area contributed by atoms with Gasteiger partial charge in [0.2, 0.25) is 0 Å². The standard InChI is InChI=1S/C25H36O4Si/c1-24(2,3)30(22-12-8-6-9-13-22,23-14-10-7-11-15-23)27-17-16-20-18-21(19-26)29-25(4,5)28-20/h6-15,20-21,26H,16-19H2,1-5H3/t20-,21+/m0/s1. The lowest BCUT2D eigenvalue weighted by Gasteiger charge is -2.44. The topological polar surface area (TPSA) is 47.9 Å². The molecule has 0 saturated carbocycles. The SMILES string of the molecule is CC1(C)O[C@@H](CO)C[C@H](CCO[Si](c2ccccc2)(c2ccccc2)C(C)(C)C)O1. The molecule has 2 atom stereocenters. The van der Waals surface area contributed by atoms with Crippen LogP contribution < -0.4 is 10.4 Å². The fraction of sp³-hybridized carbons (Fsp3) is 0.520. The Morgan fingerprint density at radius 1 is 0.933 bits per heavy atom. The summed E-state index contributed by atoms with van der Waals surface area (Å²) in [6, 6.07) is 21.4. The van der Waals surface area contributed by atoms with Crippen molar-refractivity contribution >= 4 is 18.7 Å². The number of rotatable bonds is 7. The maximum Gasteiger partial charge on any atom is 0.261 e. The molecule has 0 radical (unpaired) electrons. The van der Waals surface area contributed by atoms with E-state index in [4.69, 9.17) is 13.9 Å². The molecule has 1 aliphatic heterocycles. The molecule has 0 spiro atoms. The van der Waals surface area contributed by atoms with Crippen LogP contribution in [0.5, 0.6) is 0 Å². The first-order chi connectivity index (χ1) is 14.2. The van der Waals surface area contributed by atoms with Gasteiger partial charge in [-0.25, -0.2) is 0 Å². The zero-order valence-electron chi connectivity index (χ0n) is 18.9. The summed E-state index contributed by atoms with van der Waals surface area (Å²) in [5, 5.41) is 12.1. The Balaban J connectivity index is 1.87. The fourth-order valence-electron chi connectivity index (χ4n) is 4.61. The van der Waals surface area contributed by atoms with Crippen LogP contribution >= 0.6 is 0 Å². The van der Waals surface area contributed by atoms with Crippen molar-refractivity contribution in [3.63, 3.8) is 0 Å². The van der Waals surface area contributed by atoms with E-state index in [0.717, 1.165) is 6.42 Å². The van der Waals surface area contributed by atoms with Crippen LogP contribution in [0.25, 0.3) is 0 Å². The lowest BCUT2D eigenvalue weighted by Crippen LogP contribution is -2.66. The van der Waals surface area contributed by atoms with Crippen LogP contribution in [0.4, 0.5) is 0 Å². The predicted molar refractivity (Wildman–Crippen MR) is 124 cm³/mol. The van der Waals surface area contributed by atoms with Gasteiger partial charge in [-0.15, -0.1) is 0 Å². The molecule has 1 saturated heterocycles. The first kappa shape index (κ1) is 23.2. The van der Waals surface area contributed by atoms with E-state index in [0.29, 0.717) is 13.0 Å². The van der Waals surface area contributed by atoms with Crippen LogP contribution in [0, 0.1) is 0 Å². The van der Waals surface area contributed by atoms with Crippen molar-refractivity contribution in [3.05, 3.63) is 60.7 Å². The van der Waals surface area contributed by atoms with Crippen LogP contribution in [0.15, 0.2) is 60.7 Å². The number of hydrogen-bond donors (Lipinski definition) is 1. The number of hydrogen-bond acceptors (Lipinski definition) is 4. The molecule has 0 unspecified atom stereocenters. The summed E-state index contributed by atoms with van der Waals surface area (Å²) >= 11 is 0. The van der Waals surface area contributed by atoms with E-state index in [1.54, 1.807) is 0 Å². The normalized spacial score (nSPS) is 22.1. The number of aliphatic hydroxyl groups is 1. The molecule has 0 aliphatic carbocycles. The Morgan fingerprint density at radius 2 is 1.43 bits per heavy atom. The van der Waals surface area contributed by atoms with Crippen molar-refractivity contribution < 1.29 is 19.0 Å². The molecule has 3 rings (SSSR count). The van der Waals surface area contributed by atoms with Gasteiger partial charge in [-0.1, -0.05) is 81.4 Å². The molecule has 164 valence electrons. The average molecular weight is 429 g/mol. The molecule has 0 amide bonds. The molecule has 1 aliphatic rings. The van der Waals surface area contributed by atoms with Gasteiger partial charge in [0.05, 0.1) is 18.8 Å². The minimum atomic E-state index is -2.53. The van der Waals surface area contributed by atoms with Gasteiger partial charge >= 0.3 is 0 Å². The quantitative estimate of drug-likeness (QED) is 0.681. The molecule has 5 heteroatoms. The van der Waals surface area contributed by atoms with Gasteiger partial charge < -0.3 is 19.0 Å². The predicted octanol–water partition coefficient (Wildman–Crippen LogP) is 3.86. The molecule has 1 heterocycles. The molecule has 0 bridgehead atoms. The Morgan fingerprint density at radius 3 is 1.90 bits per heavy atom. The molecular weight excluding hydrogens is 392 g/mol. The lowest BCUT2D eigenvalue weighted by molar-refractivity contribution is -0.305. The van der Waals surface area contributed by atoms with E-state index >= 15 is 0 Å². The molecule has 2 aromatic rings. The molecule has 1 N–H and O–H groups in total. The average Bonchev–Trinajstić information content (AvgIpc) is 2.70. The summed E-state index contributed by atoms with van der Waals surface area (Å²) in [4.78, 5) is 0. The maximum atomic E-state index is 9.59. The van der Waals surface area contributed by atoms with E-state index in [9.17, 15) is 5.11 Å². The highest BCUT2D eigenvalue weighted by atomic mass is 28.4. The molecular formula is C25H36O4Si. The smallest absolute Gasteiger partial charge is 0.261 e. The highest BCUT2D eigenvalue weighted by molar-refractivity contribution is 6.99. The Kier molecular flexibility index (Phi) is 7.20. The highest BCUT2D eigenvalue weighted by Gasteiger charge is 2.50. The fourth-order valence-corrected chi connectivity index (χ4v) is 9.19. The second kappa shape index (κ2) is 9.33. The third-order valence-corrected chi connectivity index (χ3v) is 10.8. The lowest BCUT2D eigenvalue weighted by atomic mass is 10.1. The summed E-state index contributed by atoms with van der Waals surface area (Å²) in [5.74, 6) is -0.687. The summed E-state index contributed by atoms with van der Waals surface area (Å²) in [5.41, 5.74) is 0. The Labute approximate surface area is 182 Å². The van der Waals surface area contributed by atoms with E-state index < -0.39 is 14.1 Å². The van der Waals surface area contributed by atoms with E-state index in [1.807, 2.05) is 13.8 Å². The van der Waals surface area contributed by atoms with Gasteiger partial charge in [-0.3, -0.25) is 0 Å². The first-order valence-corrected chi connectivity index (χ1v) is 12.8. The highest BCUT2D eigenvalue weighted by Crippen LogP contribution is 2.37. The number of benzene rings is 2. The van der Waals surface area contributed by atoms with Gasteiger partial charge in [0.1, 0.15) is 0 Å². The number of ether oxygens (including phenoxy) is 2. The van der Waals surface area contributed by atoms with Crippen molar-refractivity contribution in [1.82, 2.24) is 0 Å². The zero-order valence-corrected chi connectivity index (χ0v) is 19.9. The third kappa shape index (κ3) is 5.03. The first-order valence-electron chi connectivity index (χ1n) is 10.9. The van der Waals surface area contributed by atoms with E-state index in [1.165, 1.54) is 10.4 Å². The van der Waals surface area contributed by atoms with Crippen molar-refractivity contribution in [3.8, 4) is 0 Å². The molecule has 2 aromatic carbocycles. The van der Waals surface area contributed by atoms with Crippen LogP contribution in [0.2, 0.25) is 5.04 Å². The summed E-state index contributed by atoms with van der Waals surface area (Å²) < 4.78 is 18.9. The molecule has 1 fully saturated rings. The second-order valence-corrected chi connectivity index (χ2v) is 13.9. The minimum absolute atomic E-state index is 0.00381. The van der Waals surface area contributed by atoms with Crippen LogP contribution in [0.3, 0.4) is 0 Å². The summed E-state index contributed by atoms with van der Waals surface area (Å²) in [6.45, 7) is 11.3. The van der Waals surface area contributed by atoms with Gasteiger partial charge in [0, 0.05) is 13.0 Å². The minimum Gasteiger partial charge on any atom is -0.407 e. The molecule has 30 heavy (non-hydrogen) atoms. The van der Waals surface area contributed by atoms with Crippen LogP contribution in [-0.4, -0.2) is 44.6 Å². The van der Waals surface area contributed by atoms with Crippen LogP contribution in [-0.2, 0) is 13.9 Å². The number of aliphatic hydroxyl groups excluding tert-OH is 1. The maximum absolute atomic E-state index is 9.59. The van der Waals surface area contributed by atoms with Crippen molar-refractivity contribution in [2.75, 3.05) is 13.2 Å². The zero-order chi connectivity index (χ0) is 21.8. The van der Waals surface area contributed by atoms with Crippen molar-refractivity contribution in [1.29, 1.82) is 0 Å². The monoisotopic (exact) mass is 428 g/mol. The Hall–Kier alpha value is -1.50. The second-order valence-electron chi connectivity index (χ2n) is 9.60. The summed E-state index contributed by atoms with van der Waals surface area (Å²) in [6.07, 6.45) is 1.27. The Bertz CT molecular complexity index is 746. The van der Waals surface area contributed by atoms with Gasteiger partial charge in [-0.2, -0.15) is 0 Å². The van der Waals surface area contributed by atoms with E-state index in [-0.39, 0.29) is 23.9 Å². The van der Waals surface area contributed by atoms with Crippen molar-refractivity contribution in [2.45, 2.75) is 70.5 Å². The van der Waals surface area contributed by atoms with Gasteiger partial charge in [-0.05, 0) is 35.7 Å². The summed E-state index contributed by atoms with van der Waals surface area (Å²) in [7, 11) is -2.53. The molecule has 4 nitrogen and oxygen atoms in total. The van der Waals surface area contributed by atoms with Crippen molar-refractivity contribution in [2.24, 2.45) is 0 Å². The van der Waals surface area contributed by atoms with E-state index in [2.05, 4.69) is 81.4 Å². The van der Waals surface area contributed by atoms with Gasteiger partial charge in [0.25, 0.3) is 8.32 Å². The largest absolute Gasteiger partial charge is 0.407 e. The molecule has 0 aromatic heterocycles. The van der Waals surface area contributed by atoms with Crippen LogP contribution in [0.1, 0.15) is 47.5 Å². The van der Waals surface area contributed by atoms with Gasteiger partial charge in [0.15, 0.2) is 5.79 Å².